The molecular weight excluding hydrogens is 296 g/mol. The normalized spacial score (nSPS) is 11.4. The molecule has 0 saturated heterocycles. The van der Waals surface area contributed by atoms with Gasteiger partial charge in [0, 0.05) is 23.5 Å². The van der Waals surface area contributed by atoms with Gasteiger partial charge < -0.3 is 5.11 Å². The molecule has 2 aromatic carbocycles. The molecule has 0 heterocycles. The minimum absolute atomic E-state index is 0.0547. The summed E-state index contributed by atoms with van der Waals surface area (Å²) >= 11 is 0. The molecule has 0 bridgehead atoms. The highest BCUT2D eigenvalue weighted by atomic mass is 16.3. The Morgan fingerprint density at radius 1 is 0.958 bits per heavy atom. The number of aromatic hydroxyl groups is 1. The molecule has 0 aromatic heterocycles. The Labute approximate surface area is 144 Å². The number of carbonyl (C=O) groups is 1. The van der Waals surface area contributed by atoms with E-state index in [9.17, 15) is 9.90 Å². The Bertz CT molecular complexity index is 715. The molecule has 24 heavy (non-hydrogen) atoms. The topological polar surface area (TPSA) is 37.3 Å². The first-order valence-corrected chi connectivity index (χ1v) is 8.54. The molecule has 0 fully saturated rings. The van der Waals surface area contributed by atoms with Crippen molar-refractivity contribution in [2.24, 2.45) is 0 Å². The molecule has 2 rings (SSSR count). The maximum absolute atomic E-state index is 12.2. The van der Waals surface area contributed by atoms with Crippen LogP contribution in [0.15, 0.2) is 48.5 Å². The third-order valence-corrected chi connectivity index (χ3v) is 4.14. The minimum Gasteiger partial charge on any atom is -0.508 e. The van der Waals surface area contributed by atoms with Gasteiger partial charge in [-0.25, -0.2) is 0 Å². The first-order chi connectivity index (χ1) is 11.6. The molecule has 1 unspecified atom stereocenters. The second-order valence-electron chi connectivity index (χ2n) is 6.06. The largest absolute Gasteiger partial charge is 0.508 e. The van der Waals surface area contributed by atoms with Gasteiger partial charge in [-0.1, -0.05) is 50.7 Å². The monoisotopic (exact) mass is 320 g/mol. The molecule has 0 aliphatic rings. The van der Waals surface area contributed by atoms with E-state index in [0.717, 1.165) is 36.0 Å². The molecule has 1 atom stereocenters. The molecule has 0 amide bonds. The Morgan fingerprint density at radius 2 is 1.50 bits per heavy atom. The molecule has 0 spiro atoms. The number of Topliss-reactive ketones (excluding diaryl/α,β-unsaturated/α-hetero) is 1. The Hall–Kier alpha value is -2.53. The van der Waals surface area contributed by atoms with Crippen LogP contribution < -0.4 is 0 Å². The van der Waals surface area contributed by atoms with E-state index in [4.69, 9.17) is 0 Å². The van der Waals surface area contributed by atoms with Crippen LogP contribution in [0.25, 0.3) is 0 Å². The van der Waals surface area contributed by atoms with E-state index in [1.807, 2.05) is 31.2 Å². The second kappa shape index (κ2) is 8.93. The van der Waals surface area contributed by atoms with Crippen molar-refractivity contribution in [3.8, 4) is 17.6 Å². The SMILES string of the molecule is CCCCCC(=O)C(C)c1ccc(C#Cc2ccc(O)cc2)cc1. The molecule has 2 aromatic rings. The highest BCUT2D eigenvalue weighted by Crippen LogP contribution is 2.19. The fourth-order valence-corrected chi connectivity index (χ4v) is 2.50. The molecule has 124 valence electrons. The summed E-state index contributed by atoms with van der Waals surface area (Å²) in [5.74, 6) is 6.66. The van der Waals surface area contributed by atoms with E-state index < -0.39 is 0 Å². The number of carbonyl (C=O) groups excluding carboxylic acids is 1. The quantitative estimate of drug-likeness (QED) is 0.597. The van der Waals surface area contributed by atoms with Gasteiger partial charge in [0.05, 0.1) is 0 Å². The predicted octanol–water partition coefficient (Wildman–Crippen LogP) is 5.04. The van der Waals surface area contributed by atoms with Gasteiger partial charge in [-0.05, 0) is 48.4 Å². The van der Waals surface area contributed by atoms with Gasteiger partial charge in [0.1, 0.15) is 11.5 Å². The van der Waals surface area contributed by atoms with Crippen molar-refractivity contribution in [1.82, 2.24) is 0 Å². The molecule has 0 aliphatic carbocycles. The van der Waals surface area contributed by atoms with Crippen LogP contribution in [0.1, 0.15) is 62.1 Å². The summed E-state index contributed by atoms with van der Waals surface area (Å²) in [6.07, 6.45) is 3.90. The van der Waals surface area contributed by atoms with Gasteiger partial charge in [-0.15, -0.1) is 0 Å². The van der Waals surface area contributed by atoms with Crippen LogP contribution in [0.2, 0.25) is 0 Å². The maximum atomic E-state index is 12.2. The maximum Gasteiger partial charge on any atom is 0.140 e. The van der Waals surface area contributed by atoms with E-state index in [1.165, 1.54) is 0 Å². The molecular formula is C22H24O2. The molecule has 1 N–H and O–H groups in total. The molecule has 2 heteroatoms. The highest BCUT2D eigenvalue weighted by molar-refractivity contribution is 5.85. The third kappa shape index (κ3) is 5.28. The lowest BCUT2D eigenvalue weighted by Gasteiger charge is -2.10. The van der Waals surface area contributed by atoms with Gasteiger partial charge in [-0.3, -0.25) is 4.79 Å². The zero-order valence-electron chi connectivity index (χ0n) is 14.4. The summed E-state index contributed by atoms with van der Waals surface area (Å²) in [6, 6.07) is 14.7. The summed E-state index contributed by atoms with van der Waals surface area (Å²) in [5, 5.41) is 9.26. The van der Waals surface area contributed by atoms with Crippen LogP contribution >= 0.6 is 0 Å². The number of benzene rings is 2. The number of ketones is 1. The fraction of sp³-hybridized carbons (Fsp3) is 0.318. The lowest BCUT2D eigenvalue weighted by molar-refractivity contribution is -0.120. The average Bonchev–Trinajstić information content (AvgIpc) is 2.61. The van der Waals surface area contributed by atoms with Crippen LogP contribution in [0, 0.1) is 11.8 Å². The zero-order chi connectivity index (χ0) is 17.4. The number of unbranched alkanes of at least 4 members (excludes halogenated alkanes) is 2. The fourth-order valence-electron chi connectivity index (χ4n) is 2.50. The first-order valence-electron chi connectivity index (χ1n) is 8.54. The van der Waals surface area contributed by atoms with Gasteiger partial charge in [0.2, 0.25) is 0 Å². The van der Waals surface area contributed by atoms with Gasteiger partial charge in [0.15, 0.2) is 0 Å². The summed E-state index contributed by atoms with van der Waals surface area (Å²) in [7, 11) is 0. The van der Waals surface area contributed by atoms with E-state index in [-0.39, 0.29) is 11.7 Å². The van der Waals surface area contributed by atoms with Crippen molar-refractivity contribution in [2.75, 3.05) is 0 Å². The average molecular weight is 320 g/mol. The molecule has 0 aliphatic heterocycles. The summed E-state index contributed by atoms with van der Waals surface area (Å²) < 4.78 is 0. The number of phenols is 1. The number of hydrogen-bond donors (Lipinski definition) is 1. The van der Waals surface area contributed by atoms with Crippen molar-refractivity contribution in [2.45, 2.75) is 45.4 Å². The minimum atomic E-state index is -0.0547. The first kappa shape index (κ1) is 17.8. The van der Waals surface area contributed by atoms with Crippen LogP contribution in [0.4, 0.5) is 0 Å². The van der Waals surface area contributed by atoms with Gasteiger partial charge in [0.25, 0.3) is 0 Å². The second-order valence-corrected chi connectivity index (χ2v) is 6.06. The summed E-state index contributed by atoms with van der Waals surface area (Å²) in [4.78, 5) is 12.2. The standard InChI is InChI=1S/C22H24O2/c1-3-4-5-6-22(24)17(2)20-13-9-18(10-14-20)7-8-19-11-15-21(23)16-12-19/h9-17,23H,3-6H2,1-2H3. The van der Waals surface area contributed by atoms with Crippen molar-refractivity contribution in [3.05, 3.63) is 65.2 Å². The number of hydrogen-bond acceptors (Lipinski definition) is 2. The Morgan fingerprint density at radius 3 is 2.04 bits per heavy atom. The molecule has 2 nitrogen and oxygen atoms in total. The Balaban J connectivity index is 2.00. The van der Waals surface area contributed by atoms with Crippen LogP contribution in [0.3, 0.4) is 0 Å². The van der Waals surface area contributed by atoms with E-state index >= 15 is 0 Å². The van der Waals surface area contributed by atoms with E-state index in [0.29, 0.717) is 12.2 Å². The van der Waals surface area contributed by atoms with Crippen molar-refractivity contribution in [3.63, 3.8) is 0 Å². The van der Waals surface area contributed by atoms with Crippen molar-refractivity contribution < 1.29 is 9.90 Å². The molecule has 0 radical (unpaired) electrons. The van der Waals surface area contributed by atoms with E-state index in [2.05, 4.69) is 18.8 Å². The Kier molecular flexibility index (Phi) is 6.63. The van der Waals surface area contributed by atoms with E-state index in [1.54, 1.807) is 24.3 Å². The lowest BCUT2D eigenvalue weighted by atomic mass is 9.93. The number of rotatable bonds is 6. The van der Waals surface area contributed by atoms with Gasteiger partial charge in [-0.2, -0.15) is 0 Å². The van der Waals surface area contributed by atoms with Gasteiger partial charge >= 0.3 is 0 Å². The third-order valence-electron chi connectivity index (χ3n) is 4.14. The summed E-state index contributed by atoms with van der Waals surface area (Å²) in [6.45, 7) is 4.12. The van der Waals surface area contributed by atoms with Crippen molar-refractivity contribution >= 4 is 5.78 Å². The smallest absolute Gasteiger partial charge is 0.140 e. The highest BCUT2D eigenvalue weighted by Gasteiger charge is 2.14. The van der Waals surface area contributed by atoms with Crippen molar-refractivity contribution in [1.29, 1.82) is 0 Å². The number of phenolic OH excluding ortho intramolecular Hbond substituents is 1. The zero-order valence-corrected chi connectivity index (χ0v) is 14.4. The lowest BCUT2D eigenvalue weighted by Crippen LogP contribution is -2.08. The predicted molar refractivity (Wildman–Crippen MR) is 98.1 cm³/mol. The van der Waals surface area contributed by atoms with Crippen LogP contribution in [0.5, 0.6) is 5.75 Å². The summed E-state index contributed by atoms with van der Waals surface area (Å²) in [5.41, 5.74) is 2.82. The van der Waals surface area contributed by atoms with Crippen LogP contribution in [-0.4, -0.2) is 10.9 Å². The van der Waals surface area contributed by atoms with Crippen LogP contribution in [-0.2, 0) is 4.79 Å². The molecule has 0 saturated carbocycles.